The largest absolute Gasteiger partial charge is 0.322 e. The van der Waals surface area contributed by atoms with Gasteiger partial charge in [-0.1, -0.05) is 68.2 Å². The summed E-state index contributed by atoms with van der Waals surface area (Å²) in [6.45, 7) is 4.11. The number of rotatable bonds is 5. The second-order valence-corrected chi connectivity index (χ2v) is 9.46. The first kappa shape index (κ1) is 22.2. The molecule has 164 valence electrons. The Morgan fingerprint density at radius 3 is 2.47 bits per heavy atom. The zero-order valence-corrected chi connectivity index (χ0v) is 19.1. The molecule has 0 aliphatic carbocycles. The van der Waals surface area contributed by atoms with Crippen molar-refractivity contribution in [1.82, 2.24) is 4.90 Å². The van der Waals surface area contributed by atoms with Crippen LogP contribution in [0.5, 0.6) is 0 Å². The Balaban J connectivity index is 1.65. The molecule has 0 radical (unpaired) electrons. The molecule has 2 aliphatic heterocycles. The van der Waals surface area contributed by atoms with Gasteiger partial charge in [-0.25, -0.2) is 4.39 Å². The molecule has 0 aromatic heterocycles. The number of nitrogens with zero attached hydrogens (tertiary/aromatic N) is 2. The van der Waals surface area contributed by atoms with Crippen LogP contribution in [0.25, 0.3) is 5.57 Å². The minimum absolute atomic E-state index is 0.0345. The van der Waals surface area contributed by atoms with Gasteiger partial charge in [-0.3, -0.25) is 24.2 Å². The number of anilines is 2. The molecule has 2 aliphatic rings. The van der Waals surface area contributed by atoms with E-state index in [1.165, 1.54) is 28.0 Å². The van der Waals surface area contributed by atoms with Crippen LogP contribution in [0.1, 0.15) is 19.4 Å². The summed E-state index contributed by atoms with van der Waals surface area (Å²) in [5, 5.41) is 2.49. The van der Waals surface area contributed by atoms with Gasteiger partial charge in [0.25, 0.3) is 11.8 Å². The molecule has 2 aromatic carbocycles. The third kappa shape index (κ3) is 4.05. The van der Waals surface area contributed by atoms with Crippen LogP contribution in [0.3, 0.4) is 0 Å². The first-order chi connectivity index (χ1) is 15.3. The van der Waals surface area contributed by atoms with Crippen LogP contribution in [0.2, 0.25) is 0 Å². The predicted molar refractivity (Wildman–Crippen MR) is 127 cm³/mol. The number of benzene rings is 2. The summed E-state index contributed by atoms with van der Waals surface area (Å²) >= 11 is 6.48. The van der Waals surface area contributed by atoms with Gasteiger partial charge in [0.1, 0.15) is 16.7 Å². The number of amides is 3. The third-order valence-electron chi connectivity index (χ3n) is 5.00. The van der Waals surface area contributed by atoms with Crippen molar-refractivity contribution in [3.8, 4) is 0 Å². The molecule has 32 heavy (non-hydrogen) atoms. The Morgan fingerprint density at radius 1 is 1.06 bits per heavy atom. The summed E-state index contributed by atoms with van der Waals surface area (Å²) in [4.78, 5) is 42.1. The predicted octanol–water partition coefficient (Wildman–Crippen LogP) is 4.04. The third-order valence-corrected chi connectivity index (χ3v) is 6.45. The number of hydrogen-bond acceptors (Lipinski definition) is 5. The Labute approximate surface area is 194 Å². The summed E-state index contributed by atoms with van der Waals surface area (Å²) in [5.74, 6) is -1.66. The summed E-state index contributed by atoms with van der Waals surface area (Å²) in [7, 11) is 0. The van der Waals surface area contributed by atoms with Crippen molar-refractivity contribution in [2.24, 2.45) is 5.92 Å². The maximum absolute atomic E-state index is 13.9. The molecule has 6 nitrogen and oxygen atoms in total. The number of hydrogen-bond donors (Lipinski definition) is 1. The van der Waals surface area contributed by atoms with E-state index in [4.69, 9.17) is 12.2 Å². The lowest BCUT2D eigenvalue weighted by atomic mass is 10.1. The Kier molecular flexibility index (Phi) is 6.12. The van der Waals surface area contributed by atoms with Crippen molar-refractivity contribution in [2.75, 3.05) is 23.3 Å². The van der Waals surface area contributed by atoms with E-state index in [-0.39, 0.29) is 34.5 Å². The van der Waals surface area contributed by atoms with Crippen molar-refractivity contribution in [3.05, 3.63) is 64.8 Å². The number of nitrogens with one attached hydrogen (secondary N) is 1. The minimum Gasteiger partial charge on any atom is -0.322 e. The SMILES string of the molecule is CC(C)CN1C(=O)/C(=C2/C(=O)N(CC(=O)Nc3ccccc3F)c3ccccc32)SC1=S. The summed E-state index contributed by atoms with van der Waals surface area (Å²) in [6.07, 6.45) is 0. The normalized spacial score (nSPS) is 18.1. The lowest BCUT2D eigenvalue weighted by molar-refractivity contribution is -0.122. The molecule has 0 saturated carbocycles. The summed E-state index contributed by atoms with van der Waals surface area (Å²) in [5.41, 5.74) is 1.36. The van der Waals surface area contributed by atoms with E-state index in [1.54, 1.807) is 30.3 Å². The quantitative estimate of drug-likeness (QED) is 0.529. The van der Waals surface area contributed by atoms with Crippen LogP contribution in [0.4, 0.5) is 15.8 Å². The molecule has 1 saturated heterocycles. The van der Waals surface area contributed by atoms with E-state index < -0.39 is 17.6 Å². The highest BCUT2D eigenvalue weighted by Crippen LogP contribution is 2.44. The van der Waals surface area contributed by atoms with Crippen molar-refractivity contribution in [2.45, 2.75) is 13.8 Å². The van der Waals surface area contributed by atoms with E-state index in [0.29, 0.717) is 22.1 Å². The van der Waals surface area contributed by atoms with Crippen LogP contribution < -0.4 is 10.2 Å². The van der Waals surface area contributed by atoms with Gasteiger partial charge >= 0.3 is 0 Å². The van der Waals surface area contributed by atoms with Gasteiger partial charge < -0.3 is 5.32 Å². The number of para-hydroxylation sites is 2. The number of halogens is 1. The van der Waals surface area contributed by atoms with Gasteiger partial charge in [-0.15, -0.1) is 0 Å². The number of carbonyl (C=O) groups excluding carboxylic acids is 3. The van der Waals surface area contributed by atoms with Crippen LogP contribution in [-0.4, -0.2) is 40.0 Å². The molecule has 0 bridgehead atoms. The molecule has 0 spiro atoms. The van der Waals surface area contributed by atoms with Crippen molar-refractivity contribution < 1.29 is 18.8 Å². The lowest BCUT2D eigenvalue weighted by Gasteiger charge is -2.17. The van der Waals surface area contributed by atoms with Gasteiger partial charge in [-0.05, 0) is 24.1 Å². The van der Waals surface area contributed by atoms with E-state index >= 15 is 0 Å². The van der Waals surface area contributed by atoms with Gasteiger partial charge in [0.2, 0.25) is 5.91 Å². The fourth-order valence-electron chi connectivity index (χ4n) is 3.62. The highest BCUT2D eigenvalue weighted by molar-refractivity contribution is 8.26. The molecular weight excluding hydrogens is 449 g/mol. The zero-order valence-electron chi connectivity index (χ0n) is 17.4. The second kappa shape index (κ2) is 8.84. The standard InChI is InChI=1S/C23H20FN3O3S2/c1-13(2)11-27-22(30)20(32-23(27)31)19-14-7-3-6-10-17(14)26(21(19)29)12-18(28)25-16-9-5-4-8-15(16)24/h3-10,13H,11-12H2,1-2H3,(H,25,28)/b20-19-. The van der Waals surface area contributed by atoms with Gasteiger partial charge in [0.15, 0.2) is 0 Å². The molecule has 9 heteroatoms. The first-order valence-electron chi connectivity index (χ1n) is 10.0. The molecule has 4 rings (SSSR count). The average molecular weight is 470 g/mol. The Hall–Kier alpha value is -3.04. The van der Waals surface area contributed by atoms with E-state index in [9.17, 15) is 18.8 Å². The maximum Gasteiger partial charge on any atom is 0.267 e. The van der Waals surface area contributed by atoms with Crippen LogP contribution >= 0.6 is 24.0 Å². The van der Waals surface area contributed by atoms with E-state index in [1.807, 2.05) is 13.8 Å². The zero-order chi connectivity index (χ0) is 23.0. The molecular formula is C23H20FN3O3S2. The maximum atomic E-state index is 13.9. The van der Waals surface area contributed by atoms with Crippen molar-refractivity contribution in [1.29, 1.82) is 0 Å². The van der Waals surface area contributed by atoms with Gasteiger partial charge in [0, 0.05) is 12.1 Å². The second-order valence-electron chi connectivity index (χ2n) is 7.82. The fourth-order valence-corrected chi connectivity index (χ4v) is 4.97. The number of thioether (sulfide) groups is 1. The topological polar surface area (TPSA) is 69.7 Å². The molecule has 2 heterocycles. The fraction of sp³-hybridized carbons (Fsp3) is 0.217. The van der Waals surface area contributed by atoms with Crippen molar-refractivity contribution in [3.63, 3.8) is 0 Å². The van der Waals surface area contributed by atoms with Crippen LogP contribution in [0, 0.1) is 11.7 Å². The van der Waals surface area contributed by atoms with E-state index in [2.05, 4.69) is 5.32 Å². The summed E-state index contributed by atoms with van der Waals surface area (Å²) in [6, 6.07) is 12.8. The highest BCUT2D eigenvalue weighted by Gasteiger charge is 2.42. The minimum atomic E-state index is -0.566. The Bertz CT molecular complexity index is 1180. The first-order valence-corrected chi connectivity index (χ1v) is 11.2. The van der Waals surface area contributed by atoms with Crippen LogP contribution in [0.15, 0.2) is 53.4 Å². The van der Waals surface area contributed by atoms with Crippen molar-refractivity contribution >= 4 is 63.0 Å². The highest BCUT2D eigenvalue weighted by atomic mass is 32.2. The molecule has 2 aromatic rings. The molecule has 0 atom stereocenters. The van der Waals surface area contributed by atoms with E-state index in [0.717, 1.165) is 11.8 Å². The number of fused-ring (bicyclic) bond motifs is 1. The van der Waals surface area contributed by atoms with Gasteiger partial charge in [0.05, 0.1) is 21.9 Å². The molecule has 1 fully saturated rings. The number of thiocarbonyl (C=S) groups is 1. The average Bonchev–Trinajstić information content (AvgIpc) is 3.17. The molecule has 3 amide bonds. The van der Waals surface area contributed by atoms with Crippen LogP contribution in [-0.2, 0) is 14.4 Å². The lowest BCUT2D eigenvalue weighted by Crippen LogP contribution is -2.36. The summed E-state index contributed by atoms with van der Waals surface area (Å²) < 4.78 is 14.3. The monoisotopic (exact) mass is 469 g/mol. The Morgan fingerprint density at radius 2 is 1.75 bits per heavy atom. The molecule has 1 N–H and O–H groups in total. The molecule has 0 unspecified atom stereocenters. The van der Waals surface area contributed by atoms with Gasteiger partial charge in [-0.2, -0.15) is 0 Å². The smallest absolute Gasteiger partial charge is 0.267 e. The number of carbonyl (C=O) groups is 3.